The van der Waals surface area contributed by atoms with Crippen molar-refractivity contribution in [3.05, 3.63) is 0 Å². The standard InChI is InChI=1S/C13H21NO/c1-7-8(2)12(5)13(6)10(7,3)11(13,4)9(15)14-12/h7-8H,1-6H3,(H,14,15)/t7-,8+,10-,11+,12-,13-/m0/s1. The van der Waals surface area contributed by atoms with E-state index >= 15 is 0 Å². The number of carbonyl (C=O) groups is 1. The van der Waals surface area contributed by atoms with Gasteiger partial charge in [0.25, 0.3) is 0 Å². The molecule has 1 amide bonds. The lowest BCUT2D eigenvalue weighted by Crippen LogP contribution is -2.49. The highest BCUT2D eigenvalue weighted by molar-refractivity contribution is 5.95. The average Bonchev–Trinajstić information content (AvgIpc) is 2.48. The Morgan fingerprint density at radius 1 is 1.07 bits per heavy atom. The third-order valence-electron chi connectivity index (χ3n) is 7.45. The molecule has 3 rings (SSSR count). The predicted octanol–water partition coefficient (Wildman–Crippen LogP) is 2.19. The highest BCUT2D eigenvalue weighted by Crippen LogP contribution is 2.92. The van der Waals surface area contributed by atoms with Gasteiger partial charge in [0.1, 0.15) is 0 Å². The molecular weight excluding hydrogens is 186 g/mol. The molecule has 3 aliphatic rings. The molecule has 0 aromatic rings. The first-order chi connectivity index (χ1) is 6.69. The van der Waals surface area contributed by atoms with Gasteiger partial charge < -0.3 is 5.32 Å². The second kappa shape index (κ2) is 1.87. The van der Waals surface area contributed by atoms with E-state index in [1.165, 1.54) is 0 Å². The number of hydrogen-bond donors (Lipinski definition) is 1. The van der Waals surface area contributed by atoms with E-state index in [9.17, 15) is 4.79 Å². The third kappa shape index (κ3) is 0.485. The summed E-state index contributed by atoms with van der Waals surface area (Å²) in [5.74, 6) is 1.48. The van der Waals surface area contributed by atoms with Gasteiger partial charge >= 0.3 is 0 Å². The second-order valence-corrected chi connectivity index (χ2v) is 6.69. The monoisotopic (exact) mass is 207 g/mol. The first-order valence-corrected chi connectivity index (χ1v) is 6.02. The Kier molecular flexibility index (Phi) is 1.21. The van der Waals surface area contributed by atoms with Crippen LogP contribution in [0.5, 0.6) is 0 Å². The maximum absolute atomic E-state index is 12.2. The molecule has 1 saturated heterocycles. The topological polar surface area (TPSA) is 29.1 Å². The van der Waals surface area contributed by atoms with E-state index < -0.39 is 0 Å². The number of carbonyl (C=O) groups excluding carboxylic acids is 1. The number of piperidine rings is 1. The van der Waals surface area contributed by atoms with Crippen molar-refractivity contribution in [1.82, 2.24) is 5.32 Å². The second-order valence-electron chi connectivity index (χ2n) is 6.69. The quantitative estimate of drug-likeness (QED) is 0.648. The first-order valence-electron chi connectivity index (χ1n) is 6.02. The SMILES string of the molecule is C[C@@H]1[C@H](C)[C@@]2(C)[C@@]3(C)C(=O)N[C@]1(C)[C@]32C. The van der Waals surface area contributed by atoms with Crippen LogP contribution in [-0.2, 0) is 4.79 Å². The molecule has 1 heterocycles. The van der Waals surface area contributed by atoms with Gasteiger partial charge in [0.05, 0.1) is 5.41 Å². The molecule has 1 N–H and O–H groups in total. The lowest BCUT2D eigenvalue weighted by molar-refractivity contribution is -0.126. The molecule has 6 atom stereocenters. The van der Waals surface area contributed by atoms with Crippen molar-refractivity contribution >= 4 is 5.91 Å². The summed E-state index contributed by atoms with van der Waals surface area (Å²) < 4.78 is 0. The fourth-order valence-electron chi connectivity index (χ4n) is 5.65. The largest absolute Gasteiger partial charge is 0.350 e. The van der Waals surface area contributed by atoms with Crippen molar-refractivity contribution in [1.29, 1.82) is 0 Å². The Morgan fingerprint density at radius 3 is 2.00 bits per heavy atom. The van der Waals surface area contributed by atoms with Gasteiger partial charge in [-0.3, -0.25) is 4.79 Å². The Labute approximate surface area is 91.8 Å². The molecule has 3 fully saturated rings. The molecule has 0 bridgehead atoms. The Balaban J connectivity index is 2.29. The Hall–Kier alpha value is -0.530. The van der Waals surface area contributed by atoms with Gasteiger partial charge in [0, 0.05) is 11.0 Å². The average molecular weight is 207 g/mol. The molecular formula is C13H21NO. The molecule has 84 valence electrons. The van der Waals surface area contributed by atoms with E-state index in [4.69, 9.17) is 0 Å². The van der Waals surface area contributed by atoms with Crippen molar-refractivity contribution < 1.29 is 4.79 Å². The summed E-state index contributed by atoms with van der Waals surface area (Å²) in [5, 5.41) is 3.27. The summed E-state index contributed by atoms with van der Waals surface area (Å²) in [6, 6.07) is 0. The minimum atomic E-state index is -0.124. The van der Waals surface area contributed by atoms with Gasteiger partial charge in [-0.1, -0.05) is 27.7 Å². The van der Waals surface area contributed by atoms with E-state index in [-0.39, 0.29) is 27.7 Å². The van der Waals surface area contributed by atoms with E-state index in [0.717, 1.165) is 0 Å². The van der Waals surface area contributed by atoms with Crippen molar-refractivity contribution in [2.24, 2.45) is 28.1 Å². The fourth-order valence-corrected chi connectivity index (χ4v) is 5.65. The van der Waals surface area contributed by atoms with Crippen LogP contribution in [0.2, 0.25) is 0 Å². The van der Waals surface area contributed by atoms with E-state index in [0.29, 0.717) is 11.8 Å². The van der Waals surface area contributed by atoms with Crippen LogP contribution in [0.1, 0.15) is 41.5 Å². The Bertz CT molecular complexity index is 386. The highest BCUT2D eigenvalue weighted by Gasteiger charge is 2.97. The zero-order chi connectivity index (χ0) is 11.4. The maximum atomic E-state index is 12.2. The van der Waals surface area contributed by atoms with Crippen LogP contribution >= 0.6 is 0 Å². The summed E-state index contributed by atoms with van der Waals surface area (Å²) in [7, 11) is 0. The number of nitrogens with one attached hydrogen (secondary N) is 1. The number of hydrogen-bond acceptors (Lipinski definition) is 1. The summed E-state index contributed by atoms with van der Waals surface area (Å²) >= 11 is 0. The van der Waals surface area contributed by atoms with Gasteiger partial charge in [0.2, 0.25) is 5.91 Å². The van der Waals surface area contributed by atoms with Gasteiger partial charge in [-0.15, -0.1) is 0 Å². The minimum Gasteiger partial charge on any atom is -0.350 e. The molecule has 0 aromatic carbocycles. The smallest absolute Gasteiger partial charge is 0.227 e. The minimum absolute atomic E-state index is 0.00694. The van der Waals surface area contributed by atoms with Crippen LogP contribution in [-0.4, -0.2) is 11.4 Å². The summed E-state index contributed by atoms with van der Waals surface area (Å²) in [4.78, 5) is 12.2. The molecule has 1 aliphatic heterocycles. The summed E-state index contributed by atoms with van der Waals surface area (Å²) in [6.07, 6.45) is 0. The fraction of sp³-hybridized carbons (Fsp3) is 0.923. The first kappa shape index (κ1) is 9.68. The van der Waals surface area contributed by atoms with E-state index in [1.54, 1.807) is 0 Å². The summed E-state index contributed by atoms with van der Waals surface area (Å²) in [5.41, 5.74) is 0.243. The molecule has 0 radical (unpaired) electrons. The predicted molar refractivity (Wildman–Crippen MR) is 59.2 cm³/mol. The van der Waals surface area contributed by atoms with Crippen LogP contribution in [0, 0.1) is 28.1 Å². The molecule has 2 nitrogen and oxygen atoms in total. The summed E-state index contributed by atoms with van der Waals surface area (Å²) in [6.45, 7) is 13.6. The molecule has 0 aromatic heterocycles. The molecule has 0 spiro atoms. The number of fused-ring (bicyclic) bond motifs is 1. The number of amides is 1. The van der Waals surface area contributed by atoms with Gasteiger partial charge in [-0.2, -0.15) is 0 Å². The molecule has 2 heteroatoms. The van der Waals surface area contributed by atoms with Crippen LogP contribution < -0.4 is 5.32 Å². The molecule has 2 aliphatic carbocycles. The van der Waals surface area contributed by atoms with Gasteiger partial charge in [0.15, 0.2) is 0 Å². The molecule has 15 heavy (non-hydrogen) atoms. The van der Waals surface area contributed by atoms with Crippen molar-refractivity contribution in [3.63, 3.8) is 0 Å². The van der Waals surface area contributed by atoms with Crippen molar-refractivity contribution in [3.8, 4) is 0 Å². The van der Waals surface area contributed by atoms with Crippen molar-refractivity contribution in [2.75, 3.05) is 0 Å². The van der Waals surface area contributed by atoms with Crippen molar-refractivity contribution in [2.45, 2.75) is 47.1 Å². The van der Waals surface area contributed by atoms with Crippen LogP contribution in [0.25, 0.3) is 0 Å². The van der Waals surface area contributed by atoms with Gasteiger partial charge in [-0.05, 0) is 31.1 Å². The zero-order valence-electron chi connectivity index (χ0n) is 10.6. The highest BCUT2D eigenvalue weighted by atomic mass is 16.2. The van der Waals surface area contributed by atoms with E-state index in [2.05, 4.69) is 46.9 Å². The molecule has 0 unspecified atom stereocenters. The van der Waals surface area contributed by atoms with Crippen LogP contribution in [0.3, 0.4) is 0 Å². The Morgan fingerprint density at radius 2 is 1.60 bits per heavy atom. The van der Waals surface area contributed by atoms with E-state index in [1.807, 2.05) is 0 Å². The number of rotatable bonds is 0. The normalized spacial score (nSPS) is 70.4. The van der Waals surface area contributed by atoms with Crippen LogP contribution in [0.4, 0.5) is 0 Å². The van der Waals surface area contributed by atoms with Crippen LogP contribution in [0.15, 0.2) is 0 Å². The maximum Gasteiger partial charge on any atom is 0.227 e. The lowest BCUT2D eigenvalue weighted by Gasteiger charge is -2.35. The zero-order valence-corrected chi connectivity index (χ0v) is 10.6. The lowest BCUT2D eigenvalue weighted by atomic mass is 9.73. The third-order valence-corrected chi connectivity index (χ3v) is 7.45. The molecule has 2 saturated carbocycles. The van der Waals surface area contributed by atoms with Gasteiger partial charge in [-0.25, -0.2) is 0 Å².